The van der Waals surface area contributed by atoms with Crippen LogP contribution in [0.5, 0.6) is 0 Å². The molecule has 0 aliphatic rings. The minimum Gasteiger partial charge on any atom is -0.378 e. The van der Waals surface area contributed by atoms with Crippen molar-refractivity contribution in [3.63, 3.8) is 0 Å². The molecule has 2 aromatic heterocycles. The Kier molecular flexibility index (Phi) is 6.24. The third-order valence-electron chi connectivity index (χ3n) is 4.07. The fourth-order valence-electron chi connectivity index (χ4n) is 2.62. The summed E-state index contributed by atoms with van der Waals surface area (Å²) in [5.74, 6) is 0. The first-order valence-corrected chi connectivity index (χ1v) is 10.2. The molecule has 0 aliphatic heterocycles. The van der Waals surface area contributed by atoms with Crippen LogP contribution in [-0.2, 0) is 12.1 Å². The Morgan fingerprint density at radius 3 is 2.50 bits per heavy atom. The molecule has 2 heterocycles. The highest BCUT2D eigenvalue weighted by Gasteiger charge is 2.17. The molecule has 0 saturated heterocycles. The van der Waals surface area contributed by atoms with Crippen molar-refractivity contribution in [2.24, 2.45) is 0 Å². The summed E-state index contributed by atoms with van der Waals surface area (Å²) in [7, 11) is 0. The third-order valence-corrected chi connectivity index (χ3v) is 5.31. The van der Waals surface area contributed by atoms with E-state index in [0.717, 1.165) is 20.6 Å². The number of hydrogen-bond donors (Lipinski definition) is 3. The molecule has 3 rings (SSSR count). The number of aromatic nitrogens is 3. The van der Waals surface area contributed by atoms with E-state index >= 15 is 0 Å². The molecule has 0 atom stereocenters. The second-order valence-corrected chi connectivity index (χ2v) is 8.72. The SMILES string of the molecule is CC(C)(C)n1ncc(NCc2ccc(Nc3cccnc3I)cc2)c(Cl)c1=N. The van der Waals surface area contributed by atoms with Crippen molar-refractivity contribution in [2.45, 2.75) is 32.9 Å². The van der Waals surface area contributed by atoms with Gasteiger partial charge in [0.1, 0.15) is 8.72 Å². The van der Waals surface area contributed by atoms with Crippen molar-refractivity contribution < 1.29 is 0 Å². The van der Waals surface area contributed by atoms with Gasteiger partial charge in [-0.3, -0.25) is 5.41 Å². The highest BCUT2D eigenvalue weighted by Crippen LogP contribution is 2.22. The standard InChI is InChI=1S/C20H22ClIN6/c1-20(2,3)28-19(23)17(21)16(12-26-28)25-11-13-6-8-14(9-7-13)27-15-5-4-10-24-18(15)22/h4-10,12,23,25,27H,11H2,1-3H3. The van der Waals surface area contributed by atoms with Crippen LogP contribution in [0.3, 0.4) is 0 Å². The second kappa shape index (κ2) is 8.48. The van der Waals surface area contributed by atoms with E-state index in [2.05, 4.69) is 43.3 Å². The predicted molar refractivity (Wildman–Crippen MR) is 122 cm³/mol. The number of benzene rings is 1. The average Bonchev–Trinajstić information content (AvgIpc) is 2.65. The van der Waals surface area contributed by atoms with E-state index in [-0.39, 0.29) is 11.0 Å². The average molecular weight is 509 g/mol. The zero-order chi connectivity index (χ0) is 20.3. The van der Waals surface area contributed by atoms with Crippen LogP contribution in [0, 0.1) is 9.11 Å². The number of halogens is 2. The monoisotopic (exact) mass is 508 g/mol. The summed E-state index contributed by atoms with van der Waals surface area (Å²) in [6, 6.07) is 12.0. The number of nitrogens with zero attached hydrogens (tertiary/aromatic N) is 3. The highest BCUT2D eigenvalue weighted by atomic mass is 127. The lowest BCUT2D eigenvalue weighted by Crippen LogP contribution is -2.36. The number of anilines is 3. The minimum absolute atomic E-state index is 0.199. The van der Waals surface area contributed by atoms with E-state index in [4.69, 9.17) is 17.0 Å². The van der Waals surface area contributed by atoms with Gasteiger partial charge in [-0.1, -0.05) is 23.7 Å². The number of pyridine rings is 1. The highest BCUT2D eigenvalue weighted by molar-refractivity contribution is 14.1. The van der Waals surface area contributed by atoms with Crippen LogP contribution in [0.2, 0.25) is 5.02 Å². The first kappa shape index (κ1) is 20.6. The molecule has 0 saturated carbocycles. The van der Waals surface area contributed by atoms with Gasteiger partial charge in [0, 0.05) is 18.4 Å². The van der Waals surface area contributed by atoms with Gasteiger partial charge in [0.2, 0.25) is 0 Å². The van der Waals surface area contributed by atoms with Crippen molar-refractivity contribution in [2.75, 3.05) is 10.6 Å². The molecule has 0 bridgehead atoms. The van der Waals surface area contributed by atoms with Gasteiger partial charge in [0.15, 0.2) is 5.49 Å². The molecule has 6 nitrogen and oxygen atoms in total. The number of nitrogens with one attached hydrogen (secondary N) is 3. The summed E-state index contributed by atoms with van der Waals surface area (Å²) < 4.78 is 2.54. The van der Waals surface area contributed by atoms with Crippen LogP contribution in [0.1, 0.15) is 26.3 Å². The van der Waals surface area contributed by atoms with Gasteiger partial charge in [0.25, 0.3) is 0 Å². The van der Waals surface area contributed by atoms with E-state index in [1.165, 1.54) is 0 Å². The summed E-state index contributed by atoms with van der Waals surface area (Å²) in [5, 5.41) is 19.6. The van der Waals surface area contributed by atoms with Gasteiger partial charge in [0.05, 0.1) is 23.1 Å². The van der Waals surface area contributed by atoms with Crippen molar-refractivity contribution >= 4 is 51.3 Å². The minimum atomic E-state index is -0.297. The quantitative estimate of drug-likeness (QED) is 0.330. The first-order valence-electron chi connectivity index (χ1n) is 8.79. The second-order valence-electron chi connectivity index (χ2n) is 7.32. The number of rotatable bonds is 5. The van der Waals surface area contributed by atoms with E-state index in [1.54, 1.807) is 17.1 Å². The first-order chi connectivity index (χ1) is 13.3. The normalized spacial score (nSPS) is 11.3. The Morgan fingerprint density at radius 1 is 1.14 bits per heavy atom. The molecule has 146 valence electrons. The Labute approximate surface area is 183 Å². The van der Waals surface area contributed by atoms with E-state index in [0.29, 0.717) is 17.3 Å². The molecule has 8 heteroatoms. The maximum Gasteiger partial charge on any atom is 0.163 e. The van der Waals surface area contributed by atoms with Crippen molar-refractivity contribution in [3.8, 4) is 0 Å². The summed E-state index contributed by atoms with van der Waals surface area (Å²) in [4.78, 5) is 4.27. The zero-order valence-corrected chi connectivity index (χ0v) is 18.8. The molecule has 0 radical (unpaired) electrons. The lowest BCUT2D eigenvalue weighted by molar-refractivity contribution is 0.332. The van der Waals surface area contributed by atoms with Crippen LogP contribution in [0.4, 0.5) is 17.1 Å². The molecular formula is C20H22ClIN6. The van der Waals surface area contributed by atoms with Gasteiger partial charge in [-0.05, 0) is 73.2 Å². The summed E-state index contributed by atoms with van der Waals surface area (Å²) in [5.41, 5.74) is 3.62. The molecule has 1 aromatic carbocycles. The van der Waals surface area contributed by atoms with Crippen LogP contribution < -0.4 is 16.1 Å². The van der Waals surface area contributed by atoms with Gasteiger partial charge >= 0.3 is 0 Å². The van der Waals surface area contributed by atoms with Crippen LogP contribution >= 0.6 is 34.2 Å². The fourth-order valence-corrected chi connectivity index (χ4v) is 3.29. The molecule has 0 fully saturated rings. The lowest BCUT2D eigenvalue weighted by atomic mass is 10.1. The molecule has 0 unspecified atom stereocenters. The molecule has 0 spiro atoms. The van der Waals surface area contributed by atoms with Gasteiger partial charge in [-0.2, -0.15) is 5.10 Å². The Balaban J connectivity index is 1.68. The van der Waals surface area contributed by atoms with Crippen molar-refractivity contribution in [1.82, 2.24) is 14.8 Å². The Morgan fingerprint density at radius 2 is 1.86 bits per heavy atom. The fraction of sp³-hybridized carbons (Fsp3) is 0.250. The Bertz CT molecular complexity index is 1020. The lowest BCUT2D eigenvalue weighted by Gasteiger charge is -2.22. The van der Waals surface area contributed by atoms with Crippen LogP contribution in [0.15, 0.2) is 48.8 Å². The third kappa shape index (κ3) is 4.82. The molecule has 28 heavy (non-hydrogen) atoms. The largest absolute Gasteiger partial charge is 0.378 e. The van der Waals surface area contributed by atoms with Gasteiger partial charge in [-0.15, -0.1) is 0 Å². The van der Waals surface area contributed by atoms with Crippen LogP contribution in [0.25, 0.3) is 0 Å². The smallest absolute Gasteiger partial charge is 0.163 e. The molecular weight excluding hydrogens is 487 g/mol. The van der Waals surface area contributed by atoms with Gasteiger partial charge < -0.3 is 10.6 Å². The van der Waals surface area contributed by atoms with E-state index in [1.807, 2.05) is 57.2 Å². The summed E-state index contributed by atoms with van der Waals surface area (Å²) >= 11 is 8.58. The molecule has 0 amide bonds. The zero-order valence-electron chi connectivity index (χ0n) is 15.9. The van der Waals surface area contributed by atoms with Crippen molar-refractivity contribution in [3.05, 3.63) is 68.6 Å². The molecule has 3 aromatic rings. The maximum absolute atomic E-state index is 8.24. The summed E-state index contributed by atoms with van der Waals surface area (Å²) in [6.45, 7) is 6.56. The molecule has 0 aliphatic carbocycles. The van der Waals surface area contributed by atoms with Crippen LogP contribution in [-0.4, -0.2) is 14.8 Å². The topological polar surface area (TPSA) is 78.6 Å². The maximum atomic E-state index is 8.24. The van der Waals surface area contributed by atoms with E-state index in [9.17, 15) is 0 Å². The van der Waals surface area contributed by atoms with Crippen molar-refractivity contribution in [1.29, 1.82) is 5.41 Å². The molecule has 3 N–H and O–H groups in total. The number of hydrogen-bond acceptors (Lipinski definition) is 5. The van der Waals surface area contributed by atoms with E-state index < -0.39 is 0 Å². The Hall–Kier alpha value is -2.13. The predicted octanol–water partition coefficient (Wildman–Crippen LogP) is 5.13. The summed E-state index contributed by atoms with van der Waals surface area (Å²) in [6.07, 6.45) is 3.45. The van der Waals surface area contributed by atoms with Gasteiger partial charge in [-0.25, -0.2) is 9.67 Å².